The first-order valence-electron chi connectivity index (χ1n) is 5.55. The van der Waals surface area contributed by atoms with E-state index in [1.54, 1.807) is 6.07 Å². The van der Waals surface area contributed by atoms with Crippen LogP contribution >= 0.6 is 11.8 Å². The second-order valence-corrected chi connectivity index (χ2v) is 4.96. The molecule has 0 aliphatic heterocycles. The summed E-state index contributed by atoms with van der Waals surface area (Å²) in [6.45, 7) is 0.0459. The molecule has 0 aromatic heterocycles. The van der Waals surface area contributed by atoms with E-state index >= 15 is 0 Å². The lowest BCUT2D eigenvalue weighted by Gasteiger charge is -2.06. The van der Waals surface area contributed by atoms with Gasteiger partial charge in [-0.25, -0.2) is 4.39 Å². The van der Waals surface area contributed by atoms with Gasteiger partial charge in [0.05, 0.1) is 6.61 Å². The number of halogens is 1. The molecule has 0 atom stereocenters. The van der Waals surface area contributed by atoms with Crippen LogP contribution < -0.4 is 5.73 Å². The number of anilines is 1. The van der Waals surface area contributed by atoms with Crippen LogP contribution in [-0.4, -0.2) is 5.11 Å². The van der Waals surface area contributed by atoms with Gasteiger partial charge in [0.15, 0.2) is 0 Å². The number of rotatable bonds is 4. The Morgan fingerprint density at radius 1 is 1.06 bits per heavy atom. The number of nitrogens with two attached hydrogens (primary N) is 1. The van der Waals surface area contributed by atoms with Crippen molar-refractivity contribution in [3.05, 3.63) is 59.4 Å². The predicted octanol–water partition coefficient (Wildman–Crippen LogP) is 3.19. The zero-order chi connectivity index (χ0) is 13.0. The molecule has 0 heterocycles. The third-order valence-electron chi connectivity index (χ3n) is 2.58. The van der Waals surface area contributed by atoms with Crippen molar-refractivity contribution in [3.63, 3.8) is 0 Å². The van der Waals surface area contributed by atoms with E-state index in [-0.39, 0.29) is 12.4 Å². The molecule has 0 saturated heterocycles. The fourth-order valence-electron chi connectivity index (χ4n) is 1.54. The Morgan fingerprint density at radius 2 is 1.72 bits per heavy atom. The maximum Gasteiger partial charge on any atom is 0.124 e. The van der Waals surface area contributed by atoms with Crippen molar-refractivity contribution >= 4 is 17.4 Å². The van der Waals surface area contributed by atoms with Gasteiger partial charge in [-0.3, -0.25) is 0 Å². The van der Waals surface area contributed by atoms with Crippen LogP contribution in [0.4, 0.5) is 10.1 Å². The molecular weight excluding hydrogens is 249 g/mol. The minimum atomic E-state index is -0.276. The quantitative estimate of drug-likeness (QED) is 0.658. The molecule has 2 rings (SSSR count). The van der Waals surface area contributed by atoms with Crippen molar-refractivity contribution in [2.75, 3.05) is 5.73 Å². The first-order valence-corrected chi connectivity index (χ1v) is 6.54. The van der Waals surface area contributed by atoms with Crippen LogP contribution in [0.1, 0.15) is 11.1 Å². The summed E-state index contributed by atoms with van der Waals surface area (Å²) < 4.78 is 13.1. The monoisotopic (exact) mass is 263 g/mol. The SMILES string of the molecule is Nc1ccc(F)cc1SCc1ccc(CO)cc1. The van der Waals surface area contributed by atoms with Crippen molar-refractivity contribution in [1.82, 2.24) is 0 Å². The molecule has 3 N–H and O–H groups in total. The molecule has 0 radical (unpaired) electrons. The van der Waals surface area contributed by atoms with Crippen LogP contribution in [0.15, 0.2) is 47.4 Å². The van der Waals surface area contributed by atoms with Crippen molar-refractivity contribution in [2.45, 2.75) is 17.3 Å². The van der Waals surface area contributed by atoms with Crippen LogP contribution in [0.25, 0.3) is 0 Å². The lowest BCUT2D eigenvalue weighted by atomic mass is 10.2. The van der Waals surface area contributed by atoms with Crippen LogP contribution in [-0.2, 0) is 12.4 Å². The molecule has 2 aromatic carbocycles. The zero-order valence-electron chi connectivity index (χ0n) is 9.77. The van der Waals surface area contributed by atoms with Gasteiger partial charge in [0.2, 0.25) is 0 Å². The fraction of sp³-hybridized carbons (Fsp3) is 0.143. The van der Waals surface area contributed by atoms with Crippen molar-refractivity contribution < 1.29 is 9.50 Å². The summed E-state index contributed by atoms with van der Waals surface area (Å²) in [6, 6.07) is 12.0. The summed E-state index contributed by atoms with van der Waals surface area (Å²) in [5, 5.41) is 8.94. The highest BCUT2D eigenvalue weighted by Crippen LogP contribution is 2.28. The lowest BCUT2D eigenvalue weighted by molar-refractivity contribution is 0.282. The van der Waals surface area contributed by atoms with E-state index in [2.05, 4.69) is 0 Å². The highest BCUT2D eigenvalue weighted by atomic mass is 32.2. The van der Waals surface area contributed by atoms with E-state index in [1.165, 1.54) is 23.9 Å². The van der Waals surface area contributed by atoms with E-state index in [1.807, 2.05) is 24.3 Å². The molecule has 2 aromatic rings. The number of hydrogen-bond donors (Lipinski definition) is 2. The molecule has 94 valence electrons. The third kappa shape index (κ3) is 3.24. The summed E-state index contributed by atoms with van der Waals surface area (Å²) in [6.07, 6.45) is 0. The number of benzene rings is 2. The Kier molecular flexibility index (Phi) is 4.23. The lowest BCUT2D eigenvalue weighted by Crippen LogP contribution is -1.90. The average Bonchev–Trinajstić information content (AvgIpc) is 2.40. The normalized spacial score (nSPS) is 10.6. The van der Waals surface area contributed by atoms with Crippen LogP contribution in [0.3, 0.4) is 0 Å². The molecule has 4 heteroatoms. The fourth-order valence-corrected chi connectivity index (χ4v) is 2.48. The van der Waals surface area contributed by atoms with Crippen LogP contribution in [0.2, 0.25) is 0 Å². The summed E-state index contributed by atoms with van der Waals surface area (Å²) in [5.74, 6) is 0.446. The van der Waals surface area contributed by atoms with E-state index in [0.29, 0.717) is 5.69 Å². The standard InChI is InChI=1S/C14H14FNOS/c15-12-5-6-13(16)14(7-12)18-9-11-3-1-10(8-17)2-4-11/h1-7,17H,8-9,16H2. The van der Waals surface area contributed by atoms with Crippen LogP contribution in [0, 0.1) is 5.82 Å². The van der Waals surface area contributed by atoms with Crippen molar-refractivity contribution in [1.29, 1.82) is 0 Å². The molecular formula is C14H14FNOS. The zero-order valence-corrected chi connectivity index (χ0v) is 10.6. The molecule has 18 heavy (non-hydrogen) atoms. The number of aliphatic hydroxyl groups excluding tert-OH is 1. The van der Waals surface area contributed by atoms with Gasteiger partial charge < -0.3 is 10.8 Å². The highest BCUT2D eigenvalue weighted by Gasteiger charge is 2.03. The average molecular weight is 263 g/mol. The largest absolute Gasteiger partial charge is 0.398 e. The molecule has 0 saturated carbocycles. The molecule has 2 nitrogen and oxygen atoms in total. The van der Waals surface area contributed by atoms with Gasteiger partial charge in [-0.15, -0.1) is 11.8 Å². The van der Waals surface area contributed by atoms with Gasteiger partial charge in [0.1, 0.15) is 5.82 Å². The number of aliphatic hydroxyl groups is 1. The summed E-state index contributed by atoms with van der Waals surface area (Å²) in [5.41, 5.74) is 8.37. The van der Waals surface area contributed by atoms with Crippen LogP contribution in [0.5, 0.6) is 0 Å². The van der Waals surface area contributed by atoms with E-state index < -0.39 is 0 Å². The summed E-state index contributed by atoms with van der Waals surface area (Å²) in [4.78, 5) is 0.751. The Hall–Kier alpha value is -1.52. The third-order valence-corrected chi connectivity index (χ3v) is 3.72. The molecule has 0 aliphatic rings. The van der Waals surface area contributed by atoms with E-state index in [9.17, 15) is 4.39 Å². The minimum Gasteiger partial charge on any atom is -0.398 e. The minimum absolute atomic E-state index is 0.0459. The number of thioether (sulfide) groups is 1. The van der Waals surface area contributed by atoms with Gasteiger partial charge in [0, 0.05) is 16.3 Å². The Labute approximate surface area is 110 Å². The predicted molar refractivity (Wildman–Crippen MR) is 72.7 cm³/mol. The maximum absolute atomic E-state index is 13.1. The molecule has 0 aliphatic carbocycles. The Morgan fingerprint density at radius 3 is 2.39 bits per heavy atom. The molecule has 0 amide bonds. The number of hydrogen-bond acceptors (Lipinski definition) is 3. The van der Waals surface area contributed by atoms with Gasteiger partial charge in [-0.2, -0.15) is 0 Å². The molecule has 0 bridgehead atoms. The van der Waals surface area contributed by atoms with E-state index in [0.717, 1.165) is 21.8 Å². The van der Waals surface area contributed by atoms with E-state index in [4.69, 9.17) is 10.8 Å². The Bertz CT molecular complexity index is 528. The topological polar surface area (TPSA) is 46.2 Å². The second kappa shape index (κ2) is 5.89. The highest BCUT2D eigenvalue weighted by molar-refractivity contribution is 7.98. The first-order chi connectivity index (χ1) is 8.69. The molecule has 0 unspecified atom stereocenters. The maximum atomic E-state index is 13.1. The summed E-state index contributed by atoms with van der Waals surface area (Å²) in [7, 11) is 0. The second-order valence-electron chi connectivity index (χ2n) is 3.95. The van der Waals surface area contributed by atoms with Crippen molar-refractivity contribution in [2.24, 2.45) is 0 Å². The van der Waals surface area contributed by atoms with Gasteiger partial charge in [-0.05, 0) is 29.3 Å². The molecule has 0 fully saturated rings. The summed E-state index contributed by atoms with van der Waals surface area (Å²) >= 11 is 1.50. The molecule has 0 spiro atoms. The van der Waals surface area contributed by atoms with Crippen molar-refractivity contribution in [3.8, 4) is 0 Å². The number of nitrogen functional groups attached to an aromatic ring is 1. The Balaban J connectivity index is 2.04. The first kappa shape index (κ1) is 12.9. The van der Waals surface area contributed by atoms with Gasteiger partial charge >= 0.3 is 0 Å². The smallest absolute Gasteiger partial charge is 0.124 e. The van der Waals surface area contributed by atoms with Gasteiger partial charge in [0.25, 0.3) is 0 Å². The van der Waals surface area contributed by atoms with Gasteiger partial charge in [-0.1, -0.05) is 24.3 Å².